The predicted molar refractivity (Wildman–Crippen MR) is 92.2 cm³/mol. The van der Waals surface area contributed by atoms with E-state index in [1.54, 1.807) is 11.3 Å². The van der Waals surface area contributed by atoms with Gasteiger partial charge >= 0.3 is 0 Å². The molecule has 0 aliphatic carbocycles. The van der Waals surface area contributed by atoms with Crippen LogP contribution in [0.3, 0.4) is 0 Å². The highest BCUT2D eigenvalue weighted by Gasteiger charge is 2.13. The maximum absolute atomic E-state index is 11.9. The summed E-state index contributed by atoms with van der Waals surface area (Å²) in [5.74, 6) is -0.250. The Kier molecular flexibility index (Phi) is 6.66. The van der Waals surface area contributed by atoms with E-state index in [2.05, 4.69) is 15.2 Å². The number of ether oxygens (including phenoxy) is 1. The van der Waals surface area contributed by atoms with Crippen LogP contribution in [0.15, 0.2) is 35.2 Å². The zero-order valence-electron chi connectivity index (χ0n) is 13.4. The number of rotatable bonds is 8. The number of carbonyl (C=O) groups excluding carboxylic acids is 1. The Bertz CT molecular complexity index is 618. The maximum atomic E-state index is 11.9. The van der Waals surface area contributed by atoms with Crippen molar-refractivity contribution in [1.82, 2.24) is 9.88 Å². The first-order chi connectivity index (χ1) is 11.1. The number of nitrogens with one attached hydrogen (secondary N) is 1. The average Bonchev–Trinajstić information content (AvgIpc) is 3.00. The lowest BCUT2D eigenvalue weighted by Crippen LogP contribution is -2.39. The van der Waals surface area contributed by atoms with Crippen molar-refractivity contribution in [2.45, 2.75) is 19.1 Å². The molecule has 124 valence electrons. The standard InChI is InChI=1S/C16H22N4O2S/c1-20(8-14-10-23-11-18-14)7-12-4-3-5-13(6-12)19-16(21)15(17)9-22-2/h3-6,10-11,15H,7-9,17H2,1-2H3,(H,19,21). The van der Waals surface area contributed by atoms with Crippen molar-refractivity contribution >= 4 is 22.9 Å². The summed E-state index contributed by atoms with van der Waals surface area (Å²) < 4.78 is 4.89. The fourth-order valence-corrected chi connectivity index (χ4v) is 2.75. The summed E-state index contributed by atoms with van der Waals surface area (Å²) >= 11 is 1.60. The molecule has 1 aromatic heterocycles. The second-order valence-corrected chi connectivity index (χ2v) is 6.12. The SMILES string of the molecule is COCC(N)C(=O)Nc1cccc(CN(C)Cc2cscn2)c1. The number of anilines is 1. The molecule has 23 heavy (non-hydrogen) atoms. The van der Waals surface area contributed by atoms with Gasteiger partial charge in [-0.25, -0.2) is 4.98 Å². The molecule has 2 rings (SSSR count). The summed E-state index contributed by atoms with van der Waals surface area (Å²) in [5, 5.41) is 4.86. The molecular weight excluding hydrogens is 312 g/mol. The maximum Gasteiger partial charge on any atom is 0.243 e. The molecule has 1 aromatic carbocycles. The molecule has 1 unspecified atom stereocenters. The van der Waals surface area contributed by atoms with Gasteiger partial charge in [-0.05, 0) is 24.7 Å². The molecule has 0 bridgehead atoms. The number of nitrogens with two attached hydrogens (primary N) is 1. The van der Waals surface area contributed by atoms with E-state index in [9.17, 15) is 4.79 Å². The lowest BCUT2D eigenvalue weighted by Gasteiger charge is -2.16. The van der Waals surface area contributed by atoms with Crippen molar-refractivity contribution < 1.29 is 9.53 Å². The van der Waals surface area contributed by atoms with Crippen LogP contribution in [-0.2, 0) is 22.6 Å². The number of carbonyl (C=O) groups is 1. The van der Waals surface area contributed by atoms with Crippen LogP contribution in [0, 0.1) is 0 Å². The molecule has 2 aromatic rings. The Balaban J connectivity index is 1.92. The third kappa shape index (κ3) is 5.72. The zero-order valence-corrected chi connectivity index (χ0v) is 14.2. The minimum absolute atomic E-state index is 0.196. The number of benzene rings is 1. The van der Waals surface area contributed by atoms with Crippen LogP contribution in [0.25, 0.3) is 0 Å². The van der Waals surface area contributed by atoms with E-state index in [-0.39, 0.29) is 12.5 Å². The first-order valence-corrected chi connectivity index (χ1v) is 8.22. The van der Waals surface area contributed by atoms with Crippen LogP contribution < -0.4 is 11.1 Å². The highest BCUT2D eigenvalue weighted by Crippen LogP contribution is 2.14. The third-order valence-electron chi connectivity index (χ3n) is 3.25. The first kappa shape index (κ1) is 17.6. The van der Waals surface area contributed by atoms with Crippen LogP contribution in [0.4, 0.5) is 5.69 Å². The average molecular weight is 334 g/mol. The number of amides is 1. The van der Waals surface area contributed by atoms with Crippen LogP contribution in [0.1, 0.15) is 11.3 Å². The van der Waals surface area contributed by atoms with Crippen molar-refractivity contribution in [3.05, 3.63) is 46.4 Å². The summed E-state index contributed by atoms with van der Waals surface area (Å²) in [5.41, 5.74) is 10.5. The van der Waals surface area contributed by atoms with Gasteiger partial charge in [-0.15, -0.1) is 11.3 Å². The molecule has 1 atom stereocenters. The highest BCUT2D eigenvalue weighted by atomic mass is 32.1. The molecular formula is C16H22N4O2S. The molecule has 7 heteroatoms. The van der Waals surface area contributed by atoms with Gasteiger partial charge in [0.15, 0.2) is 0 Å². The highest BCUT2D eigenvalue weighted by molar-refractivity contribution is 7.07. The van der Waals surface area contributed by atoms with E-state index in [1.807, 2.05) is 42.2 Å². The normalized spacial score (nSPS) is 12.3. The van der Waals surface area contributed by atoms with E-state index < -0.39 is 6.04 Å². The number of hydrogen-bond donors (Lipinski definition) is 2. The van der Waals surface area contributed by atoms with Crippen LogP contribution in [-0.4, -0.2) is 42.6 Å². The van der Waals surface area contributed by atoms with Gasteiger partial charge in [-0.1, -0.05) is 12.1 Å². The second-order valence-electron chi connectivity index (χ2n) is 5.40. The van der Waals surface area contributed by atoms with Crippen LogP contribution in [0.5, 0.6) is 0 Å². The van der Waals surface area contributed by atoms with E-state index in [1.165, 1.54) is 7.11 Å². The van der Waals surface area contributed by atoms with Gasteiger partial charge in [0, 0.05) is 31.3 Å². The smallest absolute Gasteiger partial charge is 0.243 e. The molecule has 0 spiro atoms. The van der Waals surface area contributed by atoms with Crippen molar-refractivity contribution in [3.63, 3.8) is 0 Å². The van der Waals surface area contributed by atoms with E-state index in [0.717, 1.165) is 30.0 Å². The molecule has 0 saturated heterocycles. The Morgan fingerprint density at radius 3 is 3.00 bits per heavy atom. The molecule has 0 saturated carbocycles. The molecule has 1 heterocycles. The number of hydrogen-bond acceptors (Lipinski definition) is 6. The van der Waals surface area contributed by atoms with E-state index in [0.29, 0.717) is 0 Å². The largest absolute Gasteiger partial charge is 0.383 e. The molecule has 6 nitrogen and oxygen atoms in total. The molecule has 3 N–H and O–H groups in total. The van der Waals surface area contributed by atoms with Crippen molar-refractivity contribution in [3.8, 4) is 0 Å². The second kappa shape index (κ2) is 8.73. The summed E-state index contributed by atoms with van der Waals surface area (Å²) in [7, 11) is 3.56. The zero-order chi connectivity index (χ0) is 16.7. The number of aromatic nitrogens is 1. The Hall–Kier alpha value is -1.80. The lowest BCUT2D eigenvalue weighted by atomic mass is 10.2. The fraction of sp³-hybridized carbons (Fsp3) is 0.375. The fourth-order valence-electron chi connectivity index (χ4n) is 2.20. The van der Waals surface area contributed by atoms with Gasteiger partial charge in [0.1, 0.15) is 6.04 Å². The monoisotopic (exact) mass is 334 g/mol. The van der Waals surface area contributed by atoms with Gasteiger partial charge in [-0.2, -0.15) is 0 Å². The molecule has 0 aliphatic rings. The van der Waals surface area contributed by atoms with Crippen LogP contribution >= 0.6 is 11.3 Å². The summed E-state index contributed by atoms with van der Waals surface area (Å²) in [4.78, 5) is 18.4. The topological polar surface area (TPSA) is 80.5 Å². The lowest BCUT2D eigenvalue weighted by molar-refractivity contribution is -0.118. The number of methoxy groups -OCH3 is 1. The van der Waals surface area contributed by atoms with Gasteiger partial charge in [0.25, 0.3) is 0 Å². The van der Waals surface area contributed by atoms with Gasteiger partial charge in [0.05, 0.1) is 17.8 Å². The first-order valence-electron chi connectivity index (χ1n) is 7.28. The number of nitrogens with zero attached hydrogens (tertiary/aromatic N) is 2. The quantitative estimate of drug-likeness (QED) is 0.768. The van der Waals surface area contributed by atoms with Gasteiger partial charge < -0.3 is 15.8 Å². The Labute approximate surface area is 140 Å². The summed E-state index contributed by atoms with van der Waals surface area (Å²) in [6, 6.07) is 7.08. The van der Waals surface area contributed by atoms with Crippen LogP contribution in [0.2, 0.25) is 0 Å². The van der Waals surface area contributed by atoms with E-state index in [4.69, 9.17) is 10.5 Å². The Morgan fingerprint density at radius 1 is 1.48 bits per heavy atom. The molecule has 1 amide bonds. The van der Waals surface area contributed by atoms with Crippen molar-refractivity contribution in [2.24, 2.45) is 5.73 Å². The Morgan fingerprint density at radius 2 is 2.30 bits per heavy atom. The third-order valence-corrected chi connectivity index (χ3v) is 3.88. The summed E-state index contributed by atoms with van der Waals surface area (Å²) in [6.45, 7) is 1.76. The van der Waals surface area contributed by atoms with Gasteiger partial charge in [-0.3, -0.25) is 9.69 Å². The predicted octanol–water partition coefficient (Wildman–Crippen LogP) is 1.69. The minimum Gasteiger partial charge on any atom is -0.383 e. The van der Waals surface area contributed by atoms with E-state index >= 15 is 0 Å². The van der Waals surface area contributed by atoms with Crippen molar-refractivity contribution in [1.29, 1.82) is 0 Å². The minimum atomic E-state index is -0.670. The van der Waals surface area contributed by atoms with Gasteiger partial charge in [0.2, 0.25) is 5.91 Å². The summed E-state index contributed by atoms with van der Waals surface area (Å²) in [6.07, 6.45) is 0. The molecule has 0 aliphatic heterocycles. The molecule has 0 fully saturated rings. The molecule has 0 radical (unpaired) electrons. The number of thiazole rings is 1. The van der Waals surface area contributed by atoms with Crippen molar-refractivity contribution in [2.75, 3.05) is 26.1 Å².